The van der Waals surface area contributed by atoms with Gasteiger partial charge in [0.25, 0.3) is 0 Å². The van der Waals surface area contributed by atoms with E-state index in [4.69, 9.17) is 5.11 Å². The molecular formula is C11H21NO3S. The average molecular weight is 247 g/mol. The van der Waals surface area contributed by atoms with Crippen molar-refractivity contribution in [2.45, 2.75) is 51.3 Å². The van der Waals surface area contributed by atoms with Gasteiger partial charge in [0.15, 0.2) is 0 Å². The third-order valence-corrected chi connectivity index (χ3v) is 3.50. The van der Waals surface area contributed by atoms with Crippen LogP contribution in [0.25, 0.3) is 0 Å². The summed E-state index contributed by atoms with van der Waals surface area (Å²) in [6.07, 6.45) is 2.60. The fourth-order valence-electron chi connectivity index (χ4n) is 1.11. The highest BCUT2D eigenvalue weighted by molar-refractivity contribution is 8.00. The second-order valence-corrected chi connectivity index (χ2v) is 5.12. The summed E-state index contributed by atoms with van der Waals surface area (Å²) in [4.78, 5) is 22.3. The summed E-state index contributed by atoms with van der Waals surface area (Å²) in [5.74, 6) is -0.216. The number of carbonyl (C=O) groups excluding carboxylic acids is 1. The number of carboxylic acid groups (broad SMARTS) is 1. The highest BCUT2D eigenvalue weighted by Gasteiger charge is 2.21. The monoisotopic (exact) mass is 247 g/mol. The van der Waals surface area contributed by atoms with Crippen LogP contribution in [0.2, 0.25) is 0 Å². The Morgan fingerprint density at radius 3 is 2.44 bits per heavy atom. The van der Waals surface area contributed by atoms with Crippen LogP contribution < -0.4 is 5.32 Å². The average Bonchev–Trinajstić information content (AvgIpc) is 2.25. The molecule has 0 aromatic carbocycles. The van der Waals surface area contributed by atoms with Crippen LogP contribution in [0, 0.1) is 0 Å². The number of aliphatic carboxylic acids is 1. The van der Waals surface area contributed by atoms with Gasteiger partial charge >= 0.3 is 5.97 Å². The number of carbonyl (C=O) groups is 2. The summed E-state index contributed by atoms with van der Waals surface area (Å²) >= 11 is 1.57. The summed E-state index contributed by atoms with van der Waals surface area (Å²) < 4.78 is 0. The molecule has 2 N–H and O–H groups in total. The maximum absolute atomic E-state index is 11.6. The van der Waals surface area contributed by atoms with Gasteiger partial charge < -0.3 is 10.4 Å². The molecule has 0 heterocycles. The number of nitrogens with one attached hydrogen (secondary N) is 1. The standard InChI is InChI=1S/C11H21NO3S/c1-4-6-7-16-8(3)10(13)12-9(5-2)11(14)15/h8-9H,4-7H2,1-3H3,(H,12,13)(H,14,15). The van der Waals surface area contributed by atoms with E-state index in [0.717, 1.165) is 18.6 Å². The Balaban J connectivity index is 3.98. The third kappa shape index (κ3) is 6.00. The van der Waals surface area contributed by atoms with Crippen LogP contribution in [0.3, 0.4) is 0 Å². The zero-order valence-electron chi connectivity index (χ0n) is 10.2. The van der Waals surface area contributed by atoms with Crippen molar-refractivity contribution < 1.29 is 14.7 Å². The number of hydrogen-bond donors (Lipinski definition) is 2. The van der Waals surface area contributed by atoms with Crippen LogP contribution in [0.4, 0.5) is 0 Å². The van der Waals surface area contributed by atoms with E-state index < -0.39 is 12.0 Å². The molecule has 0 fully saturated rings. The van der Waals surface area contributed by atoms with E-state index in [9.17, 15) is 9.59 Å². The fraction of sp³-hybridized carbons (Fsp3) is 0.818. The van der Waals surface area contributed by atoms with Gasteiger partial charge in [0.2, 0.25) is 5.91 Å². The van der Waals surface area contributed by atoms with Crippen molar-refractivity contribution in [1.29, 1.82) is 0 Å². The van der Waals surface area contributed by atoms with E-state index in [1.54, 1.807) is 18.7 Å². The van der Waals surface area contributed by atoms with Gasteiger partial charge in [-0.1, -0.05) is 20.3 Å². The molecule has 2 unspecified atom stereocenters. The molecule has 0 aliphatic heterocycles. The Morgan fingerprint density at radius 2 is 2.00 bits per heavy atom. The number of carboxylic acids is 1. The van der Waals surface area contributed by atoms with Crippen molar-refractivity contribution in [2.24, 2.45) is 0 Å². The minimum absolute atomic E-state index is 0.181. The second kappa shape index (κ2) is 8.44. The molecule has 0 aromatic rings. The van der Waals surface area contributed by atoms with Crippen LogP contribution in [-0.4, -0.2) is 34.0 Å². The van der Waals surface area contributed by atoms with E-state index in [1.807, 2.05) is 6.92 Å². The molecule has 2 atom stereocenters. The molecule has 0 saturated heterocycles. The van der Waals surface area contributed by atoms with Gasteiger partial charge in [-0.15, -0.1) is 11.8 Å². The second-order valence-electron chi connectivity index (χ2n) is 3.67. The number of hydrogen-bond acceptors (Lipinski definition) is 3. The zero-order chi connectivity index (χ0) is 12.6. The molecular weight excluding hydrogens is 226 g/mol. The van der Waals surface area contributed by atoms with E-state index in [2.05, 4.69) is 12.2 Å². The molecule has 94 valence electrons. The first-order chi connectivity index (χ1) is 7.52. The number of rotatable bonds is 8. The number of amides is 1. The first-order valence-corrected chi connectivity index (χ1v) is 6.72. The summed E-state index contributed by atoms with van der Waals surface area (Å²) in [6, 6.07) is -0.762. The minimum Gasteiger partial charge on any atom is -0.480 e. The first kappa shape index (κ1) is 15.3. The molecule has 0 aliphatic carbocycles. The largest absolute Gasteiger partial charge is 0.480 e. The highest BCUT2D eigenvalue weighted by atomic mass is 32.2. The topological polar surface area (TPSA) is 66.4 Å². The van der Waals surface area contributed by atoms with Gasteiger partial charge in [-0.3, -0.25) is 4.79 Å². The van der Waals surface area contributed by atoms with Crippen LogP contribution in [0.15, 0.2) is 0 Å². The minimum atomic E-state index is -0.971. The quantitative estimate of drug-likeness (QED) is 0.643. The SMILES string of the molecule is CCCCSC(C)C(=O)NC(CC)C(=O)O. The summed E-state index contributed by atoms with van der Waals surface area (Å²) in [7, 11) is 0. The zero-order valence-corrected chi connectivity index (χ0v) is 11.0. The van der Waals surface area contributed by atoms with Gasteiger partial charge in [-0.25, -0.2) is 4.79 Å². The van der Waals surface area contributed by atoms with Crippen molar-refractivity contribution in [3.05, 3.63) is 0 Å². The van der Waals surface area contributed by atoms with Crippen LogP contribution in [0.5, 0.6) is 0 Å². The lowest BCUT2D eigenvalue weighted by Gasteiger charge is -2.16. The van der Waals surface area contributed by atoms with Crippen molar-refractivity contribution in [2.75, 3.05) is 5.75 Å². The van der Waals surface area contributed by atoms with E-state index >= 15 is 0 Å². The number of unbranched alkanes of at least 4 members (excludes halogenated alkanes) is 1. The van der Waals surface area contributed by atoms with E-state index in [-0.39, 0.29) is 11.2 Å². The predicted molar refractivity (Wildman–Crippen MR) is 66.7 cm³/mol. The van der Waals surface area contributed by atoms with Crippen molar-refractivity contribution in [1.82, 2.24) is 5.32 Å². The van der Waals surface area contributed by atoms with E-state index in [0.29, 0.717) is 6.42 Å². The van der Waals surface area contributed by atoms with Crippen molar-refractivity contribution in [3.8, 4) is 0 Å². The molecule has 0 rings (SSSR count). The van der Waals surface area contributed by atoms with Gasteiger partial charge in [-0.2, -0.15) is 0 Å². The van der Waals surface area contributed by atoms with Crippen LogP contribution in [-0.2, 0) is 9.59 Å². The Kier molecular flexibility index (Phi) is 8.07. The lowest BCUT2D eigenvalue weighted by atomic mass is 10.2. The molecule has 5 heteroatoms. The Bertz CT molecular complexity index is 233. The fourth-order valence-corrected chi connectivity index (χ4v) is 2.14. The van der Waals surface area contributed by atoms with Gasteiger partial charge in [0, 0.05) is 0 Å². The molecule has 0 bridgehead atoms. The maximum Gasteiger partial charge on any atom is 0.326 e. The molecule has 0 aromatic heterocycles. The molecule has 1 amide bonds. The van der Waals surface area contributed by atoms with E-state index in [1.165, 1.54) is 0 Å². The normalized spacial score (nSPS) is 14.2. The Labute approximate surface area is 101 Å². The predicted octanol–water partition coefficient (Wildman–Crippen LogP) is 1.89. The van der Waals surface area contributed by atoms with Crippen LogP contribution >= 0.6 is 11.8 Å². The maximum atomic E-state index is 11.6. The van der Waals surface area contributed by atoms with Gasteiger partial charge in [0.05, 0.1) is 5.25 Å². The Morgan fingerprint density at radius 1 is 1.38 bits per heavy atom. The summed E-state index contributed by atoms with van der Waals surface area (Å²) in [5, 5.41) is 11.1. The lowest BCUT2D eigenvalue weighted by Crippen LogP contribution is -2.43. The van der Waals surface area contributed by atoms with Crippen molar-refractivity contribution in [3.63, 3.8) is 0 Å². The lowest BCUT2D eigenvalue weighted by molar-refractivity contribution is -0.141. The molecule has 0 saturated carbocycles. The van der Waals surface area contributed by atoms with Gasteiger partial charge in [-0.05, 0) is 25.5 Å². The first-order valence-electron chi connectivity index (χ1n) is 5.67. The third-order valence-electron chi connectivity index (χ3n) is 2.26. The molecule has 0 radical (unpaired) electrons. The molecule has 4 nitrogen and oxygen atoms in total. The summed E-state index contributed by atoms with van der Waals surface area (Å²) in [5.41, 5.74) is 0. The Hall–Kier alpha value is -0.710. The van der Waals surface area contributed by atoms with Gasteiger partial charge in [0.1, 0.15) is 6.04 Å². The highest BCUT2D eigenvalue weighted by Crippen LogP contribution is 2.13. The van der Waals surface area contributed by atoms with Crippen LogP contribution in [0.1, 0.15) is 40.0 Å². The summed E-state index contributed by atoms with van der Waals surface area (Å²) in [6.45, 7) is 5.65. The molecule has 16 heavy (non-hydrogen) atoms. The molecule has 0 aliphatic rings. The molecule has 0 spiro atoms. The smallest absolute Gasteiger partial charge is 0.326 e. The van der Waals surface area contributed by atoms with Crippen molar-refractivity contribution >= 4 is 23.6 Å². The number of thioether (sulfide) groups is 1.